The molecule has 2 aromatic rings. The summed E-state index contributed by atoms with van der Waals surface area (Å²) >= 11 is 0. The third kappa shape index (κ3) is 19.7. The van der Waals surface area contributed by atoms with E-state index in [1.165, 1.54) is 175 Å². The first-order chi connectivity index (χ1) is 30.6. The van der Waals surface area contributed by atoms with Crippen molar-refractivity contribution >= 4 is 17.5 Å². The van der Waals surface area contributed by atoms with E-state index in [1.807, 2.05) is 19.9 Å². The number of hydrogen-bond donors (Lipinski definition) is 1. The predicted octanol–water partition coefficient (Wildman–Crippen LogP) is 19.0. The second-order valence-corrected chi connectivity index (χ2v) is 21.8. The molecular weight excluding hydrogens is 773 g/mol. The summed E-state index contributed by atoms with van der Waals surface area (Å²) in [4.78, 5) is 2.78. The molecule has 0 radical (unpaired) electrons. The van der Waals surface area contributed by atoms with Gasteiger partial charge < -0.3 is 10.6 Å². The number of anilines is 2. The Morgan fingerprint density at radius 2 is 1.42 bits per heavy atom. The van der Waals surface area contributed by atoms with E-state index >= 15 is 0 Å². The van der Waals surface area contributed by atoms with Gasteiger partial charge in [0, 0.05) is 36.2 Å². The molecule has 2 heteroatoms. The van der Waals surface area contributed by atoms with Gasteiger partial charge in [-0.2, -0.15) is 0 Å². The van der Waals surface area contributed by atoms with Gasteiger partial charge in [0.05, 0.1) is 5.54 Å². The number of para-hydroxylation sites is 1. The Hall–Kier alpha value is -3.18. The highest BCUT2D eigenvalue weighted by Gasteiger charge is 2.56. The quantitative estimate of drug-likeness (QED) is 0.0399. The van der Waals surface area contributed by atoms with E-state index in [0.717, 1.165) is 37.4 Å². The fourth-order valence-electron chi connectivity index (χ4n) is 10.2. The first kappa shape index (κ1) is 56.9. The van der Waals surface area contributed by atoms with Crippen molar-refractivity contribution in [3.8, 4) is 11.8 Å². The molecule has 1 aliphatic carbocycles. The van der Waals surface area contributed by atoms with Crippen LogP contribution in [-0.4, -0.2) is 12.1 Å². The highest BCUT2D eigenvalue weighted by molar-refractivity contribution is 5.75. The van der Waals surface area contributed by atoms with Gasteiger partial charge in [0.25, 0.3) is 0 Å². The normalized spacial score (nSPS) is 15.8. The maximum Gasteiger partial charge on any atom is 0.0720 e. The van der Waals surface area contributed by atoms with Gasteiger partial charge in [0.15, 0.2) is 0 Å². The molecule has 2 nitrogen and oxygen atoms in total. The standard InChI is InChI=1S/C37H54N2.C20H40.C5H8/c1-6-7-8-9-10-11-12-13-14-15-18-25-39-35-20-17-16-19-34(35)36(4,5)37(39)24-23-31-27-32(38)26-30(33(31)28-37)22-21-29(2)3;1-7-8-9-10-11-12-13-14-19(4)17-20(5,6)16-15-18(2)3;1-3-5-4-2/h6,16-17,19-20,23-24,26-27,29H,1,7-15,18,21-22,25,28,38H2,2-5H3;18H,4,7-17H2,1-3,5-6H3;3H2,1-2H3. The molecule has 0 amide bonds. The van der Waals surface area contributed by atoms with Crippen LogP contribution in [0.2, 0.25) is 0 Å². The summed E-state index contributed by atoms with van der Waals surface area (Å²) in [6, 6.07) is 13.6. The molecule has 0 aromatic heterocycles. The number of nitrogen functional groups attached to an aromatic ring is 1. The third-order valence-corrected chi connectivity index (χ3v) is 14.2. The Bertz CT molecular complexity index is 1690. The second-order valence-electron chi connectivity index (χ2n) is 21.8. The van der Waals surface area contributed by atoms with E-state index in [9.17, 15) is 0 Å². The van der Waals surface area contributed by atoms with Gasteiger partial charge in [-0.1, -0.05) is 208 Å². The van der Waals surface area contributed by atoms with Crippen LogP contribution in [0.3, 0.4) is 0 Å². The van der Waals surface area contributed by atoms with Crippen LogP contribution in [0.1, 0.15) is 246 Å². The molecule has 1 spiro atoms. The van der Waals surface area contributed by atoms with Crippen molar-refractivity contribution in [3.05, 3.63) is 89.5 Å². The van der Waals surface area contributed by atoms with E-state index in [4.69, 9.17) is 5.73 Å². The van der Waals surface area contributed by atoms with E-state index in [-0.39, 0.29) is 11.0 Å². The highest BCUT2D eigenvalue weighted by Crippen LogP contribution is 2.55. The number of aryl methyl sites for hydroxylation is 1. The van der Waals surface area contributed by atoms with E-state index in [0.29, 0.717) is 11.3 Å². The van der Waals surface area contributed by atoms with Crippen molar-refractivity contribution in [3.63, 3.8) is 0 Å². The number of nitrogens with zero attached hydrogens (tertiary/aromatic N) is 1. The van der Waals surface area contributed by atoms with Crippen molar-refractivity contribution in [1.82, 2.24) is 0 Å². The zero-order valence-electron chi connectivity index (χ0n) is 44.2. The maximum absolute atomic E-state index is 6.39. The van der Waals surface area contributed by atoms with Crippen LogP contribution in [0.25, 0.3) is 6.08 Å². The number of allylic oxidation sites excluding steroid dienone is 2. The Morgan fingerprint density at radius 1 is 0.828 bits per heavy atom. The van der Waals surface area contributed by atoms with Gasteiger partial charge in [0.1, 0.15) is 0 Å². The fraction of sp³-hybridized carbons (Fsp3) is 0.677. The largest absolute Gasteiger partial charge is 0.399 e. The number of unbranched alkanes of at least 4 members (excludes halogenated alkanes) is 15. The zero-order valence-corrected chi connectivity index (χ0v) is 44.2. The third-order valence-electron chi connectivity index (χ3n) is 14.2. The number of benzene rings is 2. The topological polar surface area (TPSA) is 29.3 Å². The molecule has 2 N–H and O–H groups in total. The number of nitrogens with two attached hydrogens (primary N) is 1. The lowest BCUT2D eigenvalue weighted by molar-refractivity contribution is 0.298. The SMILES string of the molecule is C=C(CCCCCCCCC)CC(C)(C)CCC(C)C.C=CCCCCCCCCCCCN1c2ccccc2C(C)(C)C12C=Cc1cc(N)cc(CCC(C)C)c1C2.CC#CCC. The number of fused-ring (bicyclic) bond motifs is 2. The molecule has 1 atom stereocenters. The van der Waals surface area contributed by atoms with Crippen LogP contribution >= 0.6 is 0 Å². The smallest absolute Gasteiger partial charge is 0.0720 e. The highest BCUT2D eigenvalue weighted by atomic mass is 15.2. The lowest BCUT2D eigenvalue weighted by atomic mass is 9.64. The van der Waals surface area contributed by atoms with Crippen molar-refractivity contribution in [2.45, 2.75) is 248 Å². The summed E-state index contributed by atoms with van der Waals surface area (Å²) in [5, 5.41) is 0. The molecule has 2 aromatic carbocycles. The van der Waals surface area contributed by atoms with Crippen LogP contribution in [0.5, 0.6) is 0 Å². The average Bonchev–Trinajstić information content (AvgIpc) is 3.42. The monoisotopic (exact) mass is 875 g/mol. The summed E-state index contributed by atoms with van der Waals surface area (Å²) in [5.74, 6) is 7.14. The minimum atomic E-state index is -0.0438. The van der Waals surface area contributed by atoms with Gasteiger partial charge in [-0.25, -0.2) is 0 Å². The number of rotatable bonds is 28. The molecule has 360 valence electrons. The van der Waals surface area contributed by atoms with Crippen molar-refractivity contribution in [2.24, 2.45) is 17.3 Å². The molecule has 0 saturated heterocycles. The summed E-state index contributed by atoms with van der Waals surface area (Å²) in [7, 11) is 0. The summed E-state index contributed by atoms with van der Waals surface area (Å²) in [5.41, 5.74) is 16.4. The van der Waals surface area contributed by atoms with Gasteiger partial charge in [-0.15, -0.1) is 18.4 Å². The molecule has 4 rings (SSSR count). The molecule has 64 heavy (non-hydrogen) atoms. The Morgan fingerprint density at radius 3 is 2.00 bits per heavy atom. The van der Waals surface area contributed by atoms with Crippen LogP contribution in [0, 0.1) is 29.1 Å². The molecule has 1 aliphatic heterocycles. The Kier molecular flexibility index (Phi) is 27.5. The molecular formula is C62H102N2. The first-order valence-corrected chi connectivity index (χ1v) is 26.7. The first-order valence-electron chi connectivity index (χ1n) is 26.7. The minimum Gasteiger partial charge on any atom is -0.399 e. The fourth-order valence-corrected chi connectivity index (χ4v) is 10.2. The van der Waals surface area contributed by atoms with Gasteiger partial charge >= 0.3 is 0 Å². The predicted molar refractivity (Wildman–Crippen MR) is 291 cm³/mol. The summed E-state index contributed by atoms with van der Waals surface area (Å²) in [6.45, 7) is 34.5. The minimum absolute atomic E-state index is 0.0279. The average molecular weight is 876 g/mol. The van der Waals surface area contributed by atoms with Crippen LogP contribution in [0.15, 0.2) is 67.3 Å². The van der Waals surface area contributed by atoms with Gasteiger partial charge in [0.2, 0.25) is 0 Å². The van der Waals surface area contributed by atoms with Crippen LogP contribution in [-0.2, 0) is 18.3 Å². The molecule has 0 bridgehead atoms. The molecule has 1 unspecified atom stereocenters. The number of hydrogen-bond acceptors (Lipinski definition) is 2. The molecule has 0 saturated carbocycles. The summed E-state index contributed by atoms with van der Waals surface area (Å²) < 4.78 is 0. The van der Waals surface area contributed by atoms with E-state index < -0.39 is 0 Å². The zero-order chi connectivity index (χ0) is 47.4. The Labute approximate surface area is 399 Å². The lowest BCUT2D eigenvalue weighted by Gasteiger charge is -2.48. The molecule has 1 heterocycles. The maximum atomic E-state index is 6.39. The van der Waals surface area contributed by atoms with Crippen LogP contribution < -0.4 is 10.6 Å². The molecule has 2 aliphatic rings. The van der Waals surface area contributed by atoms with Crippen molar-refractivity contribution < 1.29 is 0 Å². The van der Waals surface area contributed by atoms with Gasteiger partial charge in [-0.3, -0.25) is 0 Å². The van der Waals surface area contributed by atoms with Crippen molar-refractivity contribution in [1.29, 1.82) is 0 Å². The second kappa shape index (κ2) is 30.9. The molecule has 0 fully saturated rings. The van der Waals surface area contributed by atoms with E-state index in [1.54, 1.807) is 0 Å². The van der Waals surface area contributed by atoms with E-state index in [2.05, 4.69) is 141 Å². The Balaban J connectivity index is 0.000000472. The lowest BCUT2D eigenvalue weighted by Crippen LogP contribution is -2.57. The van der Waals surface area contributed by atoms with Gasteiger partial charge in [-0.05, 0) is 122 Å². The summed E-state index contributed by atoms with van der Waals surface area (Å²) in [6.07, 6.45) is 39.6. The van der Waals surface area contributed by atoms with Crippen LogP contribution in [0.4, 0.5) is 11.4 Å². The van der Waals surface area contributed by atoms with Crippen molar-refractivity contribution in [2.75, 3.05) is 17.2 Å².